The fraction of sp³-hybridized carbons (Fsp3) is 0.632. The van der Waals surface area contributed by atoms with Gasteiger partial charge < -0.3 is 19.9 Å². The van der Waals surface area contributed by atoms with Gasteiger partial charge in [-0.15, -0.1) is 0 Å². The molecule has 7 nitrogen and oxygen atoms in total. The monoisotopic (exact) mass is 360 g/mol. The number of likely N-dealkylation sites (tertiary alicyclic amines) is 2. The highest BCUT2D eigenvalue weighted by Gasteiger charge is 2.50. The lowest BCUT2D eigenvalue weighted by Crippen LogP contribution is -2.64. The largest absolute Gasteiger partial charge is 0.391 e. The van der Waals surface area contributed by atoms with Crippen molar-refractivity contribution in [3.63, 3.8) is 0 Å². The van der Waals surface area contributed by atoms with E-state index in [0.29, 0.717) is 26.1 Å². The fourth-order valence-electron chi connectivity index (χ4n) is 4.15. The summed E-state index contributed by atoms with van der Waals surface area (Å²) < 4.78 is 0. The predicted molar refractivity (Wildman–Crippen MR) is 98.0 cm³/mol. The van der Waals surface area contributed by atoms with E-state index >= 15 is 0 Å². The molecular formula is C19H28N4O3. The molecule has 1 aromatic rings. The lowest BCUT2D eigenvalue weighted by atomic mass is 9.67. The number of hydrogen-bond donors (Lipinski definition) is 2. The van der Waals surface area contributed by atoms with Crippen molar-refractivity contribution >= 4 is 17.9 Å². The molecule has 1 spiro atoms. The Balaban J connectivity index is 1.64. The van der Waals surface area contributed by atoms with Crippen molar-refractivity contribution in [3.8, 4) is 0 Å². The standard InChI is InChI=1S/C19H28N4O3/c1-14(24)23-12-19(10-16(25)18(23,2)3)6-8-22(9-7-19)17(26)5-4-15-11-20-13-21-15/h4-5,11,13,16,25H,6-10,12H2,1-3H3,(H,20,21)/b5-4+/t16-/m0/s1. The molecule has 0 aliphatic carbocycles. The van der Waals surface area contributed by atoms with E-state index in [0.717, 1.165) is 18.5 Å². The van der Waals surface area contributed by atoms with Gasteiger partial charge in [0.2, 0.25) is 11.8 Å². The molecule has 1 aromatic heterocycles. The molecule has 7 heteroatoms. The Labute approximate surface area is 154 Å². The number of carbonyl (C=O) groups is 2. The van der Waals surface area contributed by atoms with Gasteiger partial charge in [-0.2, -0.15) is 0 Å². The summed E-state index contributed by atoms with van der Waals surface area (Å²) in [6.07, 6.45) is 8.25. The number of carbonyl (C=O) groups excluding carboxylic acids is 2. The number of nitrogens with zero attached hydrogens (tertiary/aromatic N) is 3. The minimum Gasteiger partial charge on any atom is -0.391 e. The quantitative estimate of drug-likeness (QED) is 0.781. The van der Waals surface area contributed by atoms with Crippen LogP contribution in [0.1, 0.15) is 45.7 Å². The van der Waals surface area contributed by atoms with Gasteiger partial charge in [0, 0.05) is 32.6 Å². The van der Waals surface area contributed by atoms with Gasteiger partial charge in [0.1, 0.15) is 0 Å². The Morgan fingerprint density at radius 2 is 2.04 bits per heavy atom. The number of piperidine rings is 2. The van der Waals surface area contributed by atoms with Crippen LogP contribution in [0.2, 0.25) is 0 Å². The fourth-order valence-corrected chi connectivity index (χ4v) is 4.15. The summed E-state index contributed by atoms with van der Waals surface area (Å²) in [5, 5.41) is 10.6. The van der Waals surface area contributed by atoms with Crippen LogP contribution < -0.4 is 0 Å². The maximum atomic E-state index is 12.4. The molecule has 2 saturated heterocycles. The topological polar surface area (TPSA) is 89.5 Å². The van der Waals surface area contributed by atoms with Gasteiger partial charge in [0.25, 0.3) is 0 Å². The van der Waals surface area contributed by atoms with E-state index in [1.165, 1.54) is 0 Å². The first-order valence-corrected chi connectivity index (χ1v) is 9.15. The Hall–Kier alpha value is -2.15. The number of amides is 2. The van der Waals surface area contributed by atoms with E-state index in [1.807, 2.05) is 18.7 Å². The average Bonchev–Trinajstić information content (AvgIpc) is 3.10. The van der Waals surface area contributed by atoms with Gasteiger partial charge in [0.15, 0.2) is 0 Å². The highest BCUT2D eigenvalue weighted by molar-refractivity contribution is 5.91. The molecule has 0 radical (unpaired) electrons. The number of hydrogen-bond acceptors (Lipinski definition) is 4. The summed E-state index contributed by atoms with van der Waals surface area (Å²) in [6, 6.07) is 0. The molecule has 0 unspecified atom stereocenters. The summed E-state index contributed by atoms with van der Waals surface area (Å²) in [5.74, 6) is -0.0244. The first kappa shape index (κ1) is 18.6. The lowest BCUT2D eigenvalue weighted by molar-refractivity contribution is -0.158. The van der Waals surface area contributed by atoms with Crippen molar-refractivity contribution in [3.05, 3.63) is 24.3 Å². The highest BCUT2D eigenvalue weighted by atomic mass is 16.3. The van der Waals surface area contributed by atoms with Gasteiger partial charge >= 0.3 is 0 Å². The maximum Gasteiger partial charge on any atom is 0.246 e. The number of imidazole rings is 1. The minimum absolute atomic E-state index is 0.00544. The van der Waals surface area contributed by atoms with Crippen LogP contribution in [-0.2, 0) is 9.59 Å². The summed E-state index contributed by atoms with van der Waals surface area (Å²) in [4.78, 5) is 35.0. The molecule has 2 aliphatic rings. The van der Waals surface area contributed by atoms with Crippen LogP contribution in [0.25, 0.3) is 6.08 Å². The van der Waals surface area contributed by atoms with Gasteiger partial charge in [-0.3, -0.25) is 9.59 Å². The number of rotatable bonds is 2. The normalized spacial score (nSPS) is 25.0. The maximum absolute atomic E-state index is 12.4. The van der Waals surface area contributed by atoms with E-state index in [2.05, 4.69) is 9.97 Å². The second-order valence-electron chi connectivity index (χ2n) is 8.14. The molecule has 2 N–H and O–H groups in total. The molecule has 26 heavy (non-hydrogen) atoms. The van der Waals surface area contributed by atoms with Crippen molar-refractivity contribution in [2.75, 3.05) is 19.6 Å². The Morgan fingerprint density at radius 3 is 2.62 bits per heavy atom. The molecule has 2 amide bonds. The van der Waals surface area contributed by atoms with Gasteiger partial charge in [-0.1, -0.05) is 0 Å². The second-order valence-corrected chi connectivity index (χ2v) is 8.14. The van der Waals surface area contributed by atoms with Crippen LogP contribution in [0.4, 0.5) is 0 Å². The molecule has 2 fully saturated rings. The molecule has 3 rings (SSSR count). The number of aromatic amines is 1. The van der Waals surface area contributed by atoms with Crippen molar-refractivity contribution in [2.45, 2.75) is 51.7 Å². The van der Waals surface area contributed by atoms with Crippen molar-refractivity contribution in [1.82, 2.24) is 19.8 Å². The Morgan fingerprint density at radius 1 is 1.35 bits per heavy atom. The van der Waals surface area contributed by atoms with Crippen LogP contribution >= 0.6 is 0 Å². The zero-order chi connectivity index (χ0) is 18.9. The molecular weight excluding hydrogens is 332 g/mol. The average molecular weight is 360 g/mol. The Bertz CT molecular complexity index is 688. The van der Waals surface area contributed by atoms with Crippen LogP contribution in [0.15, 0.2) is 18.6 Å². The van der Waals surface area contributed by atoms with Gasteiger partial charge in [0.05, 0.1) is 29.9 Å². The van der Waals surface area contributed by atoms with E-state index in [4.69, 9.17) is 0 Å². The van der Waals surface area contributed by atoms with Crippen LogP contribution in [0.3, 0.4) is 0 Å². The van der Waals surface area contributed by atoms with E-state index in [1.54, 1.807) is 36.5 Å². The third kappa shape index (κ3) is 3.53. The van der Waals surface area contributed by atoms with Crippen molar-refractivity contribution in [2.24, 2.45) is 5.41 Å². The molecule has 2 aliphatic heterocycles. The van der Waals surface area contributed by atoms with Crippen molar-refractivity contribution < 1.29 is 14.7 Å². The van der Waals surface area contributed by atoms with Crippen LogP contribution in [-0.4, -0.2) is 68.0 Å². The summed E-state index contributed by atoms with van der Waals surface area (Å²) in [6.45, 7) is 7.34. The van der Waals surface area contributed by atoms with E-state index in [-0.39, 0.29) is 17.2 Å². The number of aromatic nitrogens is 2. The molecule has 0 bridgehead atoms. The summed E-state index contributed by atoms with van der Waals surface area (Å²) in [7, 11) is 0. The zero-order valence-electron chi connectivity index (χ0n) is 15.7. The number of aliphatic hydroxyl groups is 1. The predicted octanol–water partition coefficient (Wildman–Crippen LogP) is 1.42. The number of nitrogens with one attached hydrogen (secondary N) is 1. The highest BCUT2D eigenvalue weighted by Crippen LogP contribution is 2.45. The first-order valence-electron chi connectivity index (χ1n) is 9.15. The second kappa shape index (κ2) is 6.87. The Kier molecular flexibility index (Phi) is 4.92. The van der Waals surface area contributed by atoms with Gasteiger partial charge in [-0.05, 0) is 44.6 Å². The number of H-pyrrole nitrogens is 1. The molecule has 1 atom stereocenters. The summed E-state index contributed by atoms with van der Waals surface area (Å²) >= 11 is 0. The lowest BCUT2D eigenvalue weighted by Gasteiger charge is -2.55. The zero-order valence-corrected chi connectivity index (χ0v) is 15.7. The number of aliphatic hydroxyl groups excluding tert-OH is 1. The smallest absolute Gasteiger partial charge is 0.246 e. The van der Waals surface area contributed by atoms with Crippen LogP contribution in [0, 0.1) is 5.41 Å². The third-order valence-electron chi connectivity index (χ3n) is 6.07. The molecule has 3 heterocycles. The molecule has 0 saturated carbocycles. The minimum atomic E-state index is -0.553. The SMILES string of the molecule is CC(=O)N1CC2(CCN(C(=O)/C=C/c3cnc[nH]3)CC2)C[C@H](O)C1(C)C. The first-order chi connectivity index (χ1) is 12.2. The third-order valence-corrected chi connectivity index (χ3v) is 6.07. The summed E-state index contributed by atoms with van der Waals surface area (Å²) in [5.41, 5.74) is 0.142. The van der Waals surface area contributed by atoms with Gasteiger partial charge in [-0.25, -0.2) is 4.98 Å². The van der Waals surface area contributed by atoms with E-state index in [9.17, 15) is 14.7 Å². The van der Waals surface area contributed by atoms with Crippen LogP contribution in [0.5, 0.6) is 0 Å². The molecule has 142 valence electrons. The molecule has 0 aromatic carbocycles. The van der Waals surface area contributed by atoms with Crippen molar-refractivity contribution in [1.29, 1.82) is 0 Å². The van der Waals surface area contributed by atoms with E-state index < -0.39 is 11.6 Å².